The number of thioether (sulfide) groups is 1. The number of aromatic hydroxyl groups is 1. The molecule has 0 atom stereocenters. The van der Waals surface area contributed by atoms with Crippen LogP contribution in [0.25, 0.3) is 6.08 Å². The average molecular weight is 448 g/mol. The van der Waals surface area contributed by atoms with Gasteiger partial charge < -0.3 is 9.84 Å². The highest BCUT2D eigenvalue weighted by Gasteiger charge is 2.35. The summed E-state index contributed by atoms with van der Waals surface area (Å²) in [4.78, 5) is 26.6. The Morgan fingerprint density at radius 2 is 2.04 bits per heavy atom. The first-order valence-corrected chi connectivity index (χ1v) is 9.96. The van der Waals surface area contributed by atoms with Crippen LogP contribution in [0.15, 0.2) is 45.8 Å². The predicted octanol–water partition coefficient (Wildman–Crippen LogP) is 5.10. The molecule has 7 heteroatoms. The van der Waals surface area contributed by atoms with Gasteiger partial charge in [0.05, 0.1) is 22.5 Å². The number of phenolic OH excluding ortho intramolecular Hbond substituents is 1. The van der Waals surface area contributed by atoms with Gasteiger partial charge in [0.15, 0.2) is 11.5 Å². The fraction of sp³-hybridized carbons (Fsp3) is 0.200. The highest BCUT2D eigenvalue weighted by Crippen LogP contribution is 2.38. The van der Waals surface area contributed by atoms with E-state index >= 15 is 0 Å². The summed E-state index contributed by atoms with van der Waals surface area (Å²) in [7, 11) is 0. The Hall–Kier alpha value is -2.25. The Kier molecular flexibility index (Phi) is 5.92. The topological polar surface area (TPSA) is 66.8 Å². The van der Waals surface area contributed by atoms with E-state index in [9.17, 15) is 14.7 Å². The number of carbonyl (C=O) groups is 2. The molecule has 1 heterocycles. The van der Waals surface area contributed by atoms with Crippen LogP contribution < -0.4 is 4.74 Å². The number of aryl methyl sites for hydroxylation is 1. The second-order valence-electron chi connectivity index (χ2n) is 6.04. The monoisotopic (exact) mass is 447 g/mol. The first kappa shape index (κ1) is 19.5. The van der Waals surface area contributed by atoms with Gasteiger partial charge in [0.2, 0.25) is 0 Å². The van der Waals surface area contributed by atoms with Crippen molar-refractivity contribution in [1.29, 1.82) is 0 Å². The zero-order valence-electron chi connectivity index (χ0n) is 14.9. The number of nitrogens with zero attached hydrogens (tertiary/aromatic N) is 1. The van der Waals surface area contributed by atoms with Crippen LogP contribution in [-0.4, -0.2) is 27.8 Å². The number of ether oxygens (including phenoxy) is 1. The Bertz CT molecular complexity index is 942. The second-order valence-corrected chi connectivity index (χ2v) is 7.89. The first-order valence-electron chi connectivity index (χ1n) is 8.35. The molecule has 27 heavy (non-hydrogen) atoms. The third-order valence-electron chi connectivity index (χ3n) is 3.95. The molecule has 0 aromatic heterocycles. The number of benzene rings is 2. The lowest BCUT2D eigenvalue weighted by molar-refractivity contribution is -0.123. The Labute approximate surface area is 170 Å². The minimum atomic E-state index is -0.325. The molecule has 0 spiro atoms. The molecule has 2 amide bonds. The lowest BCUT2D eigenvalue weighted by Crippen LogP contribution is -2.27. The van der Waals surface area contributed by atoms with Crippen LogP contribution in [0.3, 0.4) is 0 Å². The molecular formula is C20H18BrNO4S. The van der Waals surface area contributed by atoms with Crippen molar-refractivity contribution in [3.8, 4) is 11.5 Å². The third-order valence-corrected chi connectivity index (χ3v) is 5.46. The van der Waals surface area contributed by atoms with Crippen LogP contribution in [0.1, 0.15) is 23.6 Å². The SMILES string of the molecule is CCOc1cc(/C=C2\SC(=O)N(Cc3cccc(C)c3)C2=O)cc(Br)c1O. The van der Waals surface area contributed by atoms with Crippen molar-refractivity contribution in [2.24, 2.45) is 0 Å². The lowest BCUT2D eigenvalue weighted by atomic mass is 10.1. The number of phenols is 1. The molecule has 1 aliphatic rings. The summed E-state index contributed by atoms with van der Waals surface area (Å²) in [5.74, 6) is -0.00710. The predicted molar refractivity (Wildman–Crippen MR) is 110 cm³/mol. The normalized spacial score (nSPS) is 15.7. The van der Waals surface area contributed by atoms with E-state index in [-0.39, 0.29) is 23.4 Å². The summed E-state index contributed by atoms with van der Waals surface area (Å²) < 4.78 is 5.86. The van der Waals surface area contributed by atoms with Crippen LogP contribution in [0.2, 0.25) is 0 Å². The average Bonchev–Trinajstić information content (AvgIpc) is 2.87. The summed E-state index contributed by atoms with van der Waals surface area (Å²) in [6.07, 6.45) is 1.63. The Morgan fingerprint density at radius 1 is 1.26 bits per heavy atom. The van der Waals surface area contributed by atoms with Gasteiger partial charge in [-0.2, -0.15) is 0 Å². The number of imide groups is 1. The molecule has 1 saturated heterocycles. The minimum Gasteiger partial charge on any atom is -0.503 e. The summed E-state index contributed by atoms with van der Waals surface area (Å²) in [6, 6.07) is 11.0. The van der Waals surface area contributed by atoms with Crippen molar-refractivity contribution >= 4 is 44.9 Å². The molecule has 0 aliphatic carbocycles. The summed E-state index contributed by atoms with van der Waals surface area (Å²) in [5.41, 5.74) is 2.64. The van der Waals surface area contributed by atoms with Crippen molar-refractivity contribution < 1.29 is 19.4 Å². The summed E-state index contributed by atoms with van der Waals surface area (Å²) in [6.45, 7) is 4.43. The largest absolute Gasteiger partial charge is 0.503 e. The van der Waals surface area contributed by atoms with Crippen LogP contribution >= 0.6 is 27.7 Å². The van der Waals surface area contributed by atoms with Crippen molar-refractivity contribution in [3.05, 3.63) is 62.5 Å². The van der Waals surface area contributed by atoms with Crippen LogP contribution in [-0.2, 0) is 11.3 Å². The molecule has 0 saturated carbocycles. The Balaban J connectivity index is 1.86. The molecule has 0 unspecified atom stereocenters. The van der Waals surface area contributed by atoms with Crippen LogP contribution in [0, 0.1) is 6.92 Å². The van der Waals surface area contributed by atoms with E-state index in [1.165, 1.54) is 4.90 Å². The van der Waals surface area contributed by atoms with Gasteiger partial charge in [0, 0.05) is 0 Å². The second kappa shape index (κ2) is 8.19. The van der Waals surface area contributed by atoms with Crippen molar-refractivity contribution in [2.75, 3.05) is 6.61 Å². The summed E-state index contributed by atoms with van der Waals surface area (Å²) >= 11 is 4.19. The van der Waals surface area contributed by atoms with E-state index < -0.39 is 0 Å². The molecular weight excluding hydrogens is 430 g/mol. The standard InChI is InChI=1S/C20H18BrNO4S/c1-3-26-16-9-14(8-15(21)18(16)23)10-17-19(24)22(20(25)27-17)11-13-6-4-5-12(2)7-13/h4-10,23H,3,11H2,1-2H3/b17-10-. The number of halogens is 1. The van der Waals surface area contributed by atoms with E-state index in [0.717, 1.165) is 22.9 Å². The fourth-order valence-electron chi connectivity index (χ4n) is 2.72. The van der Waals surface area contributed by atoms with Crippen LogP contribution in [0.5, 0.6) is 11.5 Å². The molecule has 1 fully saturated rings. The van der Waals surface area contributed by atoms with Crippen molar-refractivity contribution in [2.45, 2.75) is 20.4 Å². The summed E-state index contributed by atoms with van der Waals surface area (Å²) in [5, 5.41) is 9.71. The van der Waals surface area contributed by atoms with Gasteiger partial charge >= 0.3 is 0 Å². The first-order chi connectivity index (χ1) is 12.9. The lowest BCUT2D eigenvalue weighted by Gasteiger charge is -2.12. The van der Waals surface area contributed by atoms with Gasteiger partial charge in [-0.3, -0.25) is 14.5 Å². The maximum Gasteiger partial charge on any atom is 0.293 e. The fourth-order valence-corrected chi connectivity index (χ4v) is 4.02. The maximum absolute atomic E-state index is 12.7. The molecule has 140 valence electrons. The van der Waals surface area contributed by atoms with Crippen LogP contribution in [0.4, 0.5) is 4.79 Å². The molecule has 1 aliphatic heterocycles. The highest BCUT2D eigenvalue weighted by molar-refractivity contribution is 9.10. The number of hydrogen-bond donors (Lipinski definition) is 1. The molecule has 5 nitrogen and oxygen atoms in total. The van der Waals surface area contributed by atoms with Gasteiger partial charge in [-0.05, 0) is 70.9 Å². The smallest absolute Gasteiger partial charge is 0.293 e. The minimum absolute atomic E-state index is 0.00144. The van der Waals surface area contributed by atoms with E-state index in [2.05, 4.69) is 15.9 Å². The molecule has 0 radical (unpaired) electrons. The van der Waals surface area contributed by atoms with Gasteiger partial charge in [0.1, 0.15) is 0 Å². The van der Waals surface area contributed by atoms with Gasteiger partial charge in [0.25, 0.3) is 11.1 Å². The maximum atomic E-state index is 12.7. The van der Waals surface area contributed by atoms with Crippen molar-refractivity contribution in [1.82, 2.24) is 4.90 Å². The molecule has 2 aromatic carbocycles. The molecule has 2 aromatic rings. The van der Waals surface area contributed by atoms with E-state index in [1.807, 2.05) is 38.1 Å². The number of rotatable bonds is 5. The number of carbonyl (C=O) groups excluding carboxylic acids is 2. The molecule has 1 N–H and O–H groups in total. The molecule has 0 bridgehead atoms. The van der Waals surface area contributed by atoms with Crippen molar-refractivity contribution in [3.63, 3.8) is 0 Å². The van der Waals surface area contributed by atoms with Gasteiger partial charge in [-0.25, -0.2) is 0 Å². The van der Waals surface area contributed by atoms with Gasteiger partial charge in [-0.1, -0.05) is 29.8 Å². The van der Waals surface area contributed by atoms with Gasteiger partial charge in [-0.15, -0.1) is 0 Å². The van der Waals surface area contributed by atoms with E-state index in [1.54, 1.807) is 18.2 Å². The zero-order chi connectivity index (χ0) is 19.6. The Morgan fingerprint density at radius 3 is 2.74 bits per heavy atom. The third kappa shape index (κ3) is 4.36. The highest BCUT2D eigenvalue weighted by atomic mass is 79.9. The quantitative estimate of drug-likeness (QED) is 0.645. The van der Waals surface area contributed by atoms with E-state index in [0.29, 0.717) is 27.3 Å². The van der Waals surface area contributed by atoms with E-state index in [4.69, 9.17) is 4.74 Å². The zero-order valence-corrected chi connectivity index (χ0v) is 17.3. The number of amides is 2. The molecule has 3 rings (SSSR count). The number of hydrogen-bond acceptors (Lipinski definition) is 5.